The Morgan fingerprint density at radius 1 is 1.06 bits per heavy atom. The number of nitrogens with one attached hydrogen (secondary N) is 3. The third-order valence-corrected chi connectivity index (χ3v) is 5.61. The van der Waals surface area contributed by atoms with Gasteiger partial charge in [0.05, 0.1) is 0 Å². The van der Waals surface area contributed by atoms with Crippen LogP contribution < -0.4 is 16.0 Å². The zero-order chi connectivity index (χ0) is 22.1. The van der Waals surface area contributed by atoms with Gasteiger partial charge >= 0.3 is 6.03 Å². The molecule has 0 saturated carbocycles. The Morgan fingerprint density at radius 2 is 1.81 bits per heavy atom. The predicted octanol–water partition coefficient (Wildman–Crippen LogP) is 4.51. The summed E-state index contributed by atoms with van der Waals surface area (Å²) in [6, 6.07) is 15.6. The highest BCUT2D eigenvalue weighted by atomic mass is 35.5. The second-order valence-electron chi connectivity index (χ2n) is 6.90. The smallest absolute Gasteiger partial charge is 0.315 e. The zero-order valence-corrected chi connectivity index (χ0v) is 18.7. The van der Waals surface area contributed by atoms with E-state index in [0.717, 1.165) is 24.0 Å². The molecule has 3 aromatic rings. The van der Waals surface area contributed by atoms with E-state index < -0.39 is 6.04 Å². The minimum absolute atomic E-state index is 0.353. The van der Waals surface area contributed by atoms with Crippen LogP contribution in [-0.2, 0) is 11.2 Å². The van der Waals surface area contributed by atoms with Crippen LogP contribution in [0.1, 0.15) is 25.3 Å². The number of carbonyl (C=O) groups excluding carboxylic acids is 2. The van der Waals surface area contributed by atoms with Crippen LogP contribution in [0.25, 0.3) is 10.6 Å². The van der Waals surface area contributed by atoms with Crippen molar-refractivity contribution in [2.75, 3.05) is 11.9 Å². The standard InChI is InChI=1S/C22H24ClN5O2S/c1-2-3-13-24-21(30)25-18(14-15-7-5-4-6-8-15)19(29)26-22-28-27-20(31-22)16-9-11-17(23)12-10-16/h4-12,18H,2-3,13-14H2,1H3,(H2,24,25,30)(H,26,28,29). The molecule has 3 rings (SSSR count). The molecule has 1 atom stereocenters. The van der Waals surface area contributed by atoms with Gasteiger partial charge in [0.25, 0.3) is 0 Å². The topological polar surface area (TPSA) is 96.0 Å². The molecule has 162 valence electrons. The fraction of sp³-hybridized carbons (Fsp3) is 0.273. The Hall–Kier alpha value is -2.97. The second-order valence-corrected chi connectivity index (χ2v) is 8.32. The van der Waals surface area contributed by atoms with Crippen molar-refractivity contribution in [3.63, 3.8) is 0 Å². The minimum Gasteiger partial charge on any atom is -0.338 e. The first-order chi connectivity index (χ1) is 15.0. The molecular weight excluding hydrogens is 434 g/mol. The summed E-state index contributed by atoms with van der Waals surface area (Å²) in [6.07, 6.45) is 2.21. The number of amides is 3. The van der Waals surface area contributed by atoms with Gasteiger partial charge in [0.1, 0.15) is 11.0 Å². The van der Waals surface area contributed by atoms with Gasteiger partial charge in [-0.3, -0.25) is 10.1 Å². The average molecular weight is 458 g/mol. The van der Waals surface area contributed by atoms with E-state index >= 15 is 0 Å². The lowest BCUT2D eigenvalue weighted by Crippen LogP contribution is -2.49. The van der Waals surface area contributed by atoms with Crippen LogP contribution in [0, 0.1) is 0 Å². The molecule has 0 fully saturated rings. The number of carbonyl (C=O) groups is 2. The number of unbranched alkanes of at least 4 members (excludes halogenated alkanes) is 1. The van der Waals surface area contributed by atoms with Crippen molar-refractivity contribution in [2.24, 2.45) is 0 Å². The van der Waals surface area contributed by atoms with E-state index in [1.54, 1.807) is 12.1 Å². The Balaban J connectivity index is 1.68. The van der Waals surface area contributed by atoms with Gasteiger partial charge in [0.15, 0.2) is 0 Å². The highest BCUT2D eigenvalue weighted by Gasteiger charge is 2.22. The number of nitrogens with zero attached hydrogens (tertiary/aromatic N) is 2. The number of urea groups is 1. The molecule has 0 radical (unpaired) electrons. The molecule has 7 nitrogen and oxygen atoms in total. The molecule has 3 N–H and O–H groups in total. The third kappa shape index (κ3) is 7.04. The van der Waals surface area contributed by atoms with E-state index in [0.29, 0.717) is 28.1 Å². The summed E-state index contributed by atoms with van der Waals surface area (Å²) in [5, 5.41) is 18.2. The van der Waals surface area contributed by atoms with Gasteiger partial charge in [0.2, 0.25) is 11.0 Å². The summed E-state index contributed by atoms with van der Waals surface area (Å²) < 4.78 is 0. The molecule has 0 aliphatic carbocycles. The van der Waals surface area contributed by atoms with E-state index in [9.17, 15) is 9.59 Å². The first-order valence-corrected chi connectivity index (χ1v) is 11.2. The van der Waals surface area contributed by atoms with Crippen molar-refractivity contribution in [3.05, 3.63) is 65.2 Å². The largest absolute Gasteiger partial charge is 0.338 e. The first-order valence-electron chi connectivity index (χ1n) is 10.0. The Morgan fingerprint density at radius 3 is 2.52 bits per heavy atom. The van der Waals surface area contributed by atoms with Gasteiger partial charge in [-0.25, -0.2) is 4.79 Å². The summed E-state index contributed by atoms with van der Waals surface area (Å²) in [6.45, 7) is 2.61. The van der Waals surface area contributed by atoms with Gasteiger partial charge in [-0.2, -0.15) is 0 Å². The van der Waals surface area contributed by atoms with Crippen molar-refractivity contribution in [3.8, 4) is 10.6 Å². The van der Waals surface area contributed by atoms with E-state index in [1.807, 2.05) is 49.4 Å². The van der Waals surface area contributed by atoms with Crippen molar-refractivity contribution >= 4 is 40.0 Å². The number of halogens is 1. The minimum atomic E-state index is -0.757. The lowest BCUT2D eigenvalue weighted by atomic mass is 10.1. The highest BCUT2D eigenvalue weighted by molar-refractivity contribution is 7.18. The Kier molecular flexibility index (Phi) is 8.37. The van der Waals surface area contributed by atoms with Crippen molar-refractivity contribution in [1.29, 1.82) is 0 Å². The fourth-order valence-electron chi connectivity index (χ4n) is 2.82. The zero-order valence-electron chi connectivity index (χ0n) is 17.1. The molecule has 0 aliphatic heterocycles. The first kappa shape index (κ1) is 22.7. The summed E-state index contributed by atoms with van der Waals surface area (Å²) in [4.78, 5) is 25.2. The van der Waals surface area contributed by atoms with Gasteiger partial charge in [-0.05, 0) is 24.1 Å². The van der Waals surface area contributed by atoms with E-state index in [4.69, 9.17) is 11.6 Å². The van der Waals surface area contributed by atoms with Gasteiger partial charge in [-0.1, -0.05) is 78.7 Å². The lowest BCUT2D eigenvalue weighted by Gasteiger charge is -2.18. The third-order valence-electron chi connectivity index (χ3n) is 4.47. The summed E-state index contributed by atoms with van der Waals surface area (Å²) in [7, 11) is 0. The number of hydrogen-bond donors (Lipinski definition) is 3. The highest BCUT2D eigenvalue weighted by Crippen LogP contribution is 2.27. The molecule has 1 unspecified atom stereocenters. The van der Waals surface area contributed by atoms with E-state index in [-0.39, 0.29) is 11.9 Å². The molecule has 2 aromatic carbocycles. The van der Waals surface area contributed by atoms with Crippen molar-refractivity contribution in [1.82, 2.24) is 20.8 Å². The van der Waals surface area contributed by atoms with Crippen LogP contribution in [-0.4, -0.2) is 34.7 Å². The second kappa shape index (κ2) is 11.4. The van der Waals surface area contributed by atoms with Crippen LogP contribution in [0.15, 0.2) is 54.6 Å². The summed E-state index contributed by atoms with van der Waals surface area (Å²) in [5.74, 6) is -0.353. The van der Waals surface area contributed by atoms with Gasteiger partial charge < -0.3 is 10.6 Å². The van der Waals surface area contributed by atoms with Crippen LogP contribution in [0.5, 0.6) is 0 Å². The number of anilines is 1. The Labute approximate surface area is 190 Å². The fourth-order valence-corrected chi connectivity index (χ4v) is 3.70. The number of hydrogen-bond acceptors (Lipinski definition) is 5. The maximum atomic E-state index is 12.9. The maximum absolute atomic E-state index is 12.9. The lowest BCUT2D eigenvalue weighted by molar-refractivity contribution is -0.117. The van der Waals surface area contributed by atoms with Crippen molar-refractivity contribution < 1.29 is 9.59 Å². The number of aromatic nitrogens is 2. The quantitative estimate of drug-likeness (QED) is 0.412. The molecule has 0 aliphatic rings. The van der Waals surface area contributed by atoms with Crippen LogP contribution in [0.2, 0.25) is 5.02 Å². The normalized spacial score (nSPS) is 11.5. The van der Waals surface area contributed by atoms with Crippen molar-refractivity contribution in [2.45, 2.75) is 32.2 Å². The predicted molar refractivity (Wildman–Crippen MR) is 124 cm³/mol. The van der Waals surface area contributed by atoms with Crippen LogP contribution in [0.3, 0.4) is 0 Å². The molecule has 0 saturated heterocycles. The van der Waals surface area contributed by atoms with E-state index in [1.165, 1.54) is 11.3 Å². The molecule has 0 spiro atoms. The molecule has 0 bridgehead atoms. The monoisotopic (exact) mass is 457 g/mol. The van der Waals surface area contributed by atoms with Crippen LogP contribution in [0.4, 0.5) is 9.93 Å². The SMILES string of the molecule is CCCCNC(=O)NC(Cc1ccccc1)C(=O)Nc1nnc(-c2ccc(Cl)cc2)s1. The Bertz CT molecular complexity index is 995. The molecule has 9 heteroatoms. The number of rotatable bonds is 9. The van der Waals surface area contributed by atoms with Gasteiger partial charge in [0, 0.05) is 23.6 Å². The number of benzene rings is 2. The average Bonchev–Trinajstić information content (AvgIpc) is 3.23. The molecule has 1 aromatic heterocycles. The molecule has 3 amide bonds. The van der Waals surface area contributed by atoms with Crippen LogP contribution >= 0.6 is 22.9 Å². The van der Waals surface area contributed by atoms with Gasteiger partial charge in [-0.15, -0.1) is 10.2 Å². The van der Waals surface area contributed by atoms with E-state index in [2.05, 4.69) is 26.1 Å². The molecule has 1 heterocycles. The summed E-state index contributed by atoms with van der Waals surface area (Å²) in [5.41, 5.74) is 1.80. The molecular formula is C22H24ClN5O2S. The molecule has 31 heavy (non-hydrogen) atoms. The maximum Gasteiger partial charge on any atom is 0.315 e. The summed E-state index contributed by atoms with van der Waals surface area (Å²) >= 11 is 7.18.